The van der Waals surface area contributed by atoms with E-state index in [0.29, 0.717) is 17.5 Å². The van der Waals surface area contributed by atoms with Gasteiger partial charge in [-0.05, 0) is 25.5 Å². The van der Waals surface area contributed by atoms with Gasteiger partial charge in [-0.2, -0.15) is 0 Å². The van der Waals surface area contributed by atoms with Gasteiger partial charge < -0.3 is 4.74 Å². The number of hydrogen-bond acceptors (Lipinski definition) is 6. The molecule has 0 amide bonds. The van der Waals surface area contributed by atoms with E-state index in [4.69, 9.17) is 4.74 Å². The van der Waals surface area contributed by atoms with Crippen LogP contribution in [-0.4, -0.2) is 44.6 Å². The van der Waals surface area contributed by atoms with Crippen LogP contribution in [0.2, 0.25) is 0 Å². The SMILES string of the molecule is Cc1nc(COC2CSC3(C2)CN(Cc2ccccn2)C3)cs1. The molecule has 1 atom stereocenters. The van der Waals surface area contributed by atoms with Gasteiger partial charge in [0.05, 0.1) is 29.1 Å². The number of pyridine rings is 1. The van der Waals surface area contributed by atoms with Crippen molar-refractivity contribution in [1.82, 2.24) is 14.9 Å². The molecule has 4 rings (SSSR count). The van der Waals surface area contributed by atoms with Gasteiger partial charge in [-0.3, -0.25) is 9.88 Å². The summed E-state index contributed by atoms with van der Waals surface area (Å²) in [5, 5.41) is 3.22. The van der Waals surface area contributed by atoms with Crippen molar-refractivity contribution in [3.63, 3.8) is 0 Å². The summed E-state index contributed by atoms with van der Waals surface area (Å²) in [4.78, 5) is 11.4. The third-order valence-electron chi connectivity index (χ3n) is 4.44. The molecule has 6 heteroatoms. The second-order valence-corrected chi connectivity index (χ2v) is 9.01. The Bertz CT molecular complexity index is 655. The summed E-state index contributed by atoms with van der Waals surface area (Å²) < 4.78 is 6.49. The van der Waals surface area contributed by atoms with E-state index in [9.17, 15) is 0 Å². The van der Waals surface area contributed by atoms with Crippen molar-refractivity contribution in [3.05, 3.63) is 46.2 Å². The Morgan fingerprint density at radius 1 is 1.35 bits per heavy atom. The van der Waals surface area contributed by atoms with E-state index in [1.54, 1.807) is 11.3 Å². The zero-order chi connectivity index (χ0) is 15.7. The van der Waals surface area contributed by atoms with Crippen molar-refractivity contribution in [2.24, 2.45) is 0 Å². The normalized spacial score (nSPS) is 23.3. The second kappa shape index (κ2) is 6.51. The molecular formula is C17H21N3OS2. The van der Waals surface area contributed by atoms with Crippen molar-refractivity contribution in [2.45, 2.75) is 37.3 Å². The van der Waals surface area contributed by atoms with Crippen LogP contribution in [0.25, 0.3) is 0 Å². The van der Waals surface area contributed by atoms with Crippen molar-refractivity contribution in [3.8, 4) is 0 Å². The molecule has 23 heavy (non-hydrogen) atoms. The Morgan fingerprint density at radius 3 is 3.00 bits per heavy atom. The first-order valence-electron chi connectivity index (χ1n) is 8.00. The van der Waals surface area contributed by atoms with Crippen LogP contribution in [0.3, 0.4) is 0 Å². The molecule has 2 fully saturated rings. The molecule has 1 unspecified atom stereocenters. The number of likely N-dealkylation sites (tertiary alicyclic amines) is 1. The minimum absolute atomic E-state index is 0.374. The van der Waals surface area contributed by atoms with Gasteiger partial charge >= 0.3 is 0 Å². The highest BCUT2D eigenvalue weighted by Crippen LogP contribution is 2.46. The number of aromatic nitrogens is 2. The standard InChI is InChI=1S/C17H21N3OS2/c1-13-19-15(9-22-13)8-21-16-6-17(23-10-16)11-20(12-17)7-14-4-2-3-5-18-14/h2-5,9,16H,6-8,10-12H2,1H3. The van der Waals surface area contributed by atoms with Gasteiger partial charge in [0.25, 0.3) is 0 Å². The molecule has 2 saturated heterocycles. The highest BCUT2D eigenvalue weighted by molar-refractivity contribution is 8.01. The Balaban J connectivity index is 1.23. The van der Waals surface area contributed by atoms with Crippen LogP contribution in [0.4, 0.5) is 0 Å². The first-order chi connectivity index (χ1) is 11.2. The Kier molecular flexibility index (Phi) is 4.41. The molecule has 0 aromatic carbocycles. The molecule has 2 aliphatic rings. The zero-order valence-corrected chi connectivity index (χ0v) is 14.9. The summed E-state index contributed by atoms with van der Waals surface area (Å²) in [5.74, 6) is 1.11. The summed E-state index contributed by atoms with van der Waals surface area (Å²) in [5.41, 5.74) is 2.24. The third kappa shape index (κ3) is 3.60. The first kappa shape index (κ1) is 15.6. The van der Waals surface area contributed by atoms with Crippen LogP contribution in [-0.2, 0) is 17.9 Å². The van der Waals surface area contributed by atoms with Crippen LogP contribution in [0.1, 0.15) is 22.8 Å². The number of hydrogen-bond donors (Lipinski definition) is 0. The predicted octanol–water partition coefficient (Wildman–Crippen LogP) is 3.12. The molecule has 2 aromatic heterocycles. The monoisotopic (exact) mass is 347 g/mol. The Hall–Kier alpha value is -0.950. The minimum atomic E-state index is 0.374. The maximum Gasteiger partial charge on any atom is 0.0900 e. The van der Waals surface area contributed by atoms with Crippen LogP contribution >= 0.6 is 23.1 Å². The lowest BCUT2D eigenvalue weighted by atomic mass is 9.93. The highest BCUT2D eigenvalue weighted by Gasteiger charge is 2.49. The number of rotatable bonds is 5. The Morgan fingerprint density at radius 2 is 2.26 bits per heavy atom. The number of ether oxygens (including phenoxy) is 1. The van der Waals surface area contributed by atoms with E-state index in [0.717, 1.165) is 41.8 Å². The first-order valence-corrected chi connectivity index (χ1v) is 9.86. The molecule has 1 spiro atoms. The fourth-order valence-electron chi connectivity index (χ4n) is 3.41. The summed E-state index contributed by atoms with van der Waals surface area (Å²) >= 11 is 3.78. The lowest BCUT2D eigenvalue weighted by molar-refractivity contribution is 0.0250. The van der Waals surface area contributed by atoms with Gasteiger partial charge in [0.15, 0.2) is 0 Å². The maximum atomic E-state index is 6.08. The summed E-state index contributed by atoms with van der Waals surface area (Å²) in [6.07, 6.45) is 3.41. The van der Waals surface area contributed by atoms with Gasteiger partial charge in [0.1, 0.15) is 0 Å². The predicted molar refractivity (Wildman–Crippen MR) is 94.7 cm³/mol. The van der Waals surface area contributed by atoms with Crippen LogP contribution in [0.5, 0.6) is 0 Å². The van der Waals surface area contributed by atoms with E-state index in [1.807, 2.05) is 19.2 Å². The molecule has 0 aliphatic carbocycles. The van der Waals surface area contributed by atoms with Gasteiger partial charge in [0, 0.05) is 41.7 Å². The molecule has 0 bridgehead atoms. The molecule has 0 radical (unpaired) electrons. The lowest BCUT2D eigenvalue weighted by Gasteiger charge is -2.47. The largest absolute Gasteiger partial charge is 0.371 e. The average Bonchev–Trinajstić information content (AvgIpc) is 3.13. The maximum absolute atomic E-state index is 6.08. The van der Waals surface area contributed by atoms with Crippen molar-refractivity contribution in [1.29, 1.82) is 0 Å². The van der Waals surface area contributed by atoms with E-state index < -0.39 is 0 Å². The fraction of sp³-hybridized carbons (Fsp3) is 0.529. The van der Waals surface area contributed by atoms with Gasteiger partial charge in [-0.1, -0.05) is 6.07 Å². The number of nitrogens with zero attached hydrogens (tertiary/aromatic N) is 3. The van der Waals surface area contributed by atoms with Crippen molar-refractivity contribution in [2.75, 3.05) is 18.8 Å². The Labute approximate surface area is 145 Å². The number of thiazole rings is 1. The van der Waals surface area contributed by atoms with Gasteiger partial charge in [-0.25, -0.2) is 4.98 Å². The van der Waals surface area contributed by atoms with Gasteiger partial charge in [0.2, 0.25) is 0 Å². The van der Waals surface area contributed by atoms with E-state index in [2.05, 4.69) is 44.1 Å². The molecule has 2 aliphatic heterocycles. The van der Waals surface area contributed by atoms with E-state index >= 15 is 0 Å². The van der Waals surface area contributed by atoms with Crippen molar-refractivity contribution < 1.29 is 4.74 Å². The van der Waals surface area contributed by atoms with E-state index in [1.165, 1.54) is 6.42 Å². The minimum Gasteiger partial charge on any atom is -0.371 e. The molecule has 0 saturated carbocycles. The average molecular weight is 348 g/mol. The molecule has 4 heterocycles. The smallest absolute Gasteiger partial charge is 0.0900 e. The van der Waals surface area contributed by atoms with E-state index in [-0.39, 0.29) is 0 Å². The van der Waals surface area contributed by atoms with Crippen LogP contribution in [0, 0.1) is 6.92 Å². The summed E-state index contributed by atoms with van der Waals surface area (Å²) in [6, 6.07) is 6.14. The fourth-order valence-corrected chi connectivity index (χ4v) is 5.61. The molecule has 2 aromatic rings. The second-order valence-electron chi connectivity index (χ2n) is 6.46. The zero-order valence-electron chi connectivity index (χ0n) is 13.3. The lowest BCUT2D eigenvalue weighted by Crippen LogP contribution is -2.58. The number of thioether (sulfide) groups is 1. The summed E-state index contributed by atoms with van der Waals surface area (Å²) in [6.45, 7) is 5.98. The topological polar surface area (TPSA) is 38.2 Å². The molecule has 4 nitrogen and oxygen atoms in total. The quantitative estimate of drug-likeness (QED) is 0.831. The van der Waals surface area contributed by atoms with Crippen LogP contribution in [0.15, 0.2) is 29.8 Å². The molecular weight excluding hydrogens is 326 g/mol. The third-order valence-corrected chi connectivity index (χ3v) is 6.84. The van der Waals surface area contributed by atoms with Crippen molar-refractivity contribution >= 4 is 23.1 Å². The molecule has 0 N–H and O–H groups in total. The molecule has 122 valence electrons. The highest BCUT2D eigenvalue weighted by atomic mass is 32.2. The van der Waals surface area contributed by atoms with Crippen LogP contribution < -0.4 is 0 Å². The summed E-state index contributed by atoms with van der Waals surface area (Å²) in [7, 11) is 0. The number of aryl methyl sites for hydroxylation is 1. The van der Waals surface area contributed by atoms with Gasteiger partial charge in [-0.15, -0.1) is 23.1 Å².